The van der Waals surface area contributed by atoms with Gasteiger partial charge in [-0.1, -0.05) is 13.0 Å². The number of benzene rings is 1. The third-order valence-corrected chi connectivity index (χ3v) is 4.24. The summed E-state index contributed by atoms with van der Waals surface area (Å²) in [5, 5.41) is 6.32. The van der Waals surface area contributed by atoms with E-state index in [1.807, 2.05) is 43.5 Å². The van der Waals surface area contributed by atoms with Gasteiger partial charge in [-0.25, -0.2) is 4.39 Å². The molecule has 0 saturated carbocycles. The topological polar surface area (TPSA) is 12.0 Å². The molecule has 1 aromatic carbocycles. The van der Waals surface area contributed by atoms with Crippen LogP contribution in [-0.2, 0) is 5.67 Å². The van der Waals surface area contributed by atoms with Crippen LogP contribution in [0.25, 0.3) is 10.1 Å². The maximum atomic E-state index is 14.8. The highest BCUT2D eigenvalue weighted by molar-refractivity contribution is 7.17. The molecule has 92 valence electrons. The van der Waals surface area contributed by atoms with Crippen LogP contribution in [0.4, 0.5) is 4.39 Å². The first-order valence-corrected chi connectivity index (χ1v) is 6.83. The van der Waals surface area contributed by atoms with Gasteiger partial charge in [-0.3, -0.25) is 0 Å². The fourth-order valence-electron chi connectivity index (χ4n) is 2.02. The molecular weight excluding hydrogens is 233 g/mol. The highest BCUT2D eigenvalue weighted by atomic mass is 32.1. The highest BCUT2D eigenvalue weighted by Crippen LogP contribution is 2.32. The van der Waals surface area contributed by atoms with Crippen molar-refractivity contribution in [3.05, 3.63) is 35.2 Å². The largest absolute Gasteiger partial charge is 0.311 e. The van der Waals surface area contributed by atoms with Gasteiger partial charge in [0.15, 0.2) is 0 Å². The zero-order chi connectivity index (χ0) is 12.5. The minimum absolute atomic E-state index is 0.191. The molecular formula is C14H18FNS. The quantitative estimate of drug-likeness (QED) is 0.863. The second kappa shape index (κ2) is 4.75. The van der Waals surface area contributed by atoms with Crippen LogP contribution in [0.15, 0.2) is 29.6 Å². The maximum Gasteiger partial charge on any atom is 0.148 e. The zero-order valence-electron chi connectivity index (χ0n) is 10.5. The number of thiophene rings is 1. The van der Waals surface area contributed by atoms with Crippen molar-refractivity contribution < 1.29 is 4.39 Å². The van der Waals surface area contributed by atoms with Crippen molar-refractivity contribution in [3.8, 4) is 0 Å². The Morgan fingerprint density at radius 3 is 2.88 bits per heavy atom. The summed E-state index contributed by atoms with van der Waals surface area (Å²) in [7, 11) is 0. The fourth-order valence-corrected chi connectivity index (χ4v) is 2.79. The van der Waals surface area contributed by atoms with Gasteiger partial charge in [-0.15, -0.1) is 11.3 Å². The van der Waals surface area contributed by atoms with Crippen LogP contribution < -0.4 is 5.32 Å². The first-order valence-electron chi connectivity index (χ1n) is 5.95. The predicted molar refractivity (Wildman–Crippen MR) is 73.4 cm³/mol. The summed E-state index contributed by atoms with van der Waals surface area (Å²) in [4.78, 5) is 0. The van der Waals surface area contributed by atoms with E-state index in [-0.39, 0.29) is 6.04 Å². The van der Waals surface area contributed by atoms with Gasteiger partial charge in [-0.05, 0) is 54.9 Å². The molecule has 0 radical (unpaired) electrons. The second-order valence-corrected chi connectivity index (χ2v) is 5.48. The zero-order valence-corrected chi connectivity index (χ0v) is 11.3. The lowest BCUT2D eigenvalue weighted by Gasteiger charge is -2.28. The van der Waals surface area contributed by atoms with Crippen molar-refractivity contribution >= 4 is 21.4 Å². The van der Waals surface area contributed by atoms with Gasteiger partial charge in [-0.2, -0.15) is 0 Å². The third-order valence-electron chi connectivity index (χ3n) is 3.34. The van der Waals surface area contributed by atoms with Crippen molar-refractivity contribution in [1.82, 2.24) is 5.32 Å². The minimum Gasteiger partial charge on any atom is -0.311 e. The minimum atomic E-state index is -1.34. The monoisotopic (exact) mass is 251 g/mol. The van der Waals surface area contributed by atoms with Gasteiger partial charge in [0.25, 0.3) is 0 Å². The molecule has 3 heteroatoms. The Hall–Kier alpha value is -0.930. The van der Waals surface area contributed by atoms with Gasteiger partial charge in [0.2, 0.25) is 0 Å². The van der Waals surface area contributed by atoms with E-state index in [1.54, 1.807) is 18.3 Å². The molecule has 0 fully saturated rings. The molecule has 17 heavy (non-hydrogen) atoms. The molecule has 1 nitrogen and oxygen atoms in total. The van der Waals surface area contributed by atoms with E-state index in [2.05, 4.69) is 5.32 Å². The summed E-state index contributed by atoms with van der Waals surface area (Å²) in [6.45, 7) is 6.31. The SMILES string of the molecule is CCNC(C)C(C)(F)c1ccc2sccc2c1. The molecule has 0 saturated heterocycles. The Labute approximate surface area is 106 Å². The summed E-state index contributed by atoms with van der Waals surface area (Å²) < 4.78 is 16.0. The molecule has 0 aliphatic heterocycles. The molecule has 0 bridgehead atoms. The Morgan fingerprint density at radius 1 is 1.41 bits per heavy atom. The average molecular weight is 251 g/mol. The van der Waals surface area contributed by atoms with Crippen LogP contribution in [0.1, 0.15) is 26.3 Å². The number of hydrogen-bond acceptors (Lipinski definition) is 2. The van der Waals surface area contributed by atoms with Crippen molar-refractivity contribution in [1.29, 1.82) is 0 Å². The predicted octanol–water partition coefficient (Wildman–Crippen LogP) is 4.08. The van der Waals surface area contributed by atoms with Gasteiger partial charge in [0.05, 0.1) is 0 Å². The number of halogens is 1. The summed E-state index contributed by atoms with van der Waals surface area (Å²) in [6.07, 6.45) is 0. The molecule has 1 N–H and O–H groups in total. The lowest BCUT2D eigenvalue weighted by atomic mass is 9.90. The Morgan fingerprint density at radius 2 is 2.18 bits per heavy atom. The van der Waals surface area contributed by atoms with Gasteiger partial charge in [0, 0.05) is 10.7 Å². The number of alkyl halides is 1. The van der Waals surface area contributed by atoms with Crippen molar-refractivity contribution in [2.24, 2.45) is 0 Å². The van der Waals surface area contributed by atoms with E-state index in [0.717, 1.165) is 17.5 Å². The van der Waals surface area contributed by atoms with Crippen LogP contribution in [0.2, 0.25) is 0 Å². The van der Waals surface area contributed by atoms with Crippen LogP contribution in [0.3, 0.4) is 0 Å². The van der Waals surface area contributed by atoms with Crippen molar-refractivity contribution in [2.45, 2.75) is 32.5 Å². The van der Waals surface area contributed by atoms with Gasteiger partial charge in [0.1, 0.15) is 5.67 Å². The summed E-state index contributed by atoms with van der Waals surface area (Å²) >= 11 is 1.69. The molecule has 1 aromatic heterocycles. The molecule has 0 amide bonds. The van der Waals surface area contributed by atoms with Crippen LogP contribution >= 0.6 is 11.3 Å². The Bertz CT molecular complexity index is 504. The molecule has 0 aliphatic rings. The fraction of sp³-hybridized carbons (Fsp3) is 0.429. The van der Waals surface area contributed by atoms with Gasteiger partial charge >= 0.3 is 0 Å². The molecule has 1 heterocycles. The number of rotatable bonds is 4. The van der Waals surface area contributed by atoms with E-state index >= 15 is 0 Å². The van der Waals surface area contributed by atoms with E-state index in [4.69, 9.17) is 0 Å². The molecule has 0 spiro atoms. The molecule has 2 aromatic rings. The van der Waals surface area contributed by atoms with E-state index in [0.29, 0.717) is 0 Å². The summed E-state index contributed by atoms with van der Waals surface area (Å²) in [5.41, 5.74) is -0.594. The molecule has 2 atom stereocenters. The Balaban J connectivity index is 2.36. The number of likely N-dealkylation sites (N-methyl/N-ethyl adjacent to an activating group) is 1. The number of hydrogen-bond donors (Lipinski definition) is 1. The maximum absolute atomic E-state index is 14.8. The summed E-state index contributed by atoms with van der Waals surface area (Å²) in [5.74, 6) is 0. The number of fused-ring (bicyclic) bond motifs is 1. The standard InChI is InChI=1S/C14H18FNS/c1-4-16-10(2)14(3,15)12-5-6-13-11(9-12)7-8-17-13/h5-10,16H,4H2,1-3H3. The van der Waals surface area contributed by atoms with Crippen molar-refractivity contribution in [3.63, 3.8) is 0 Å². The first-order chi connectivity index (χ1) is 8.05. The van der Waals surface area contributed by atoms with Crippen LogP contribution in [0.5, 0.6) is 0 Å². The third kappa shape index (κ3) is 2.35. The van der Waals surface area contributed by atoms with Crippen molar-refractivity contribution in [2.75, 3.05) is 6.54 Å². The average Bonchev–Trinajstić information content (AvgIpc) is 2.76. The first kappa shape index (κ1) is 12.5. The van der Waals surface area contributed by atoms with Crippen LogP contribution in [0, 0.1) is 0 Å². The van der Waals surface area contributed by atoms with E-state index in [1.165, 1.54) is 4.70 Å². The van der Waals surface area contributed by atoms with E-state index in [9.17, 15) is 4.39 Å². The summed E-state index contributed by atoms with van der Waals surface area (Å²) in [6, 6.07) is 7.71. The lowest BCUT2D eigenvalue weighted by molar-refractivity contribution is 0.137. The van der Waals surface area contributed by atoms with Gasteiger partial charge < -0.3 is 5.32 Å². The normalized spacial score (nSPS) is 16.9. The lowest BCUT2D eigenvalue weighted by Crippen LogP contribution is -2.41. The highest BCUT2D eigenvalue weighted by Gasteiger charge is 2.32. The number of nitrogens with one attached hydrogen (secondary N) is 1. The Kier molecular flexibility index (Phi) is 3.50. The molecule has 2 unspecified atom stereocenters. The van der Waals surface area contributed by atoms with Crippen LogP contribution in [-0.4, -0.2) is 12.6 Å². The molecule has 2 rings (SSSR count). The second-order valence-electron chi connectivity index (χ2n) is 4.53. The van der Waals surface area contributed by atoms with E-state index < -0.39 is 5.67 Å². The molecule has 0 aliphatic carbocycles. The smallest absolute Gasteiger partial charge is 0.148 e.